The van der Waals surface area contributed by atoms with Crippen molar-refractivity contribution in [3.8, 4) is 5.75 Å². The summed E-state index contributed by atoms with van der Waals surface area (Å²) < 4.78 is 5.30. The first kappa shape index (κ1) is 17.5. The van der Waals surface area contributed by atoms with Gasteiger partial charge in [-0.05, 0) is 35.8 Å². The van der Waals surface area contributed by atoms with Gasteiger partial charge in [0, 0.05) is 17.3 Å². The van der Waals surface area contributed by atoms with Crippen molar-refractivity contribution in [3.05, 3.63) is 102 Å². The molecule has 0 saturated carbocycles. The zero-order valence-electron chi connectivity index (χ0n) is 14.7. The topological polar surface area (TPSA) is 38.3 Å². The van der Waals surface area contributed by atoms with Crippen LogP contribution >= 0.6 is 0 Å². The van der Waals surface area contributed by atoms with Crippen molar-refractivity contribution in [3.63, 3.8) is 0 Å². The van der Waals surface area contributed by atoms with Crippen molar-refractivity contribution in [2.45, 2.75) is 6.42 Å². The molecule has 3 aromatic rings. The van der Waals surface area contributed by atoms with Crippen molar-refractivity contribution >= 4 is 17.7 Å². The van der Waals surface area contributed by atoms with Gasteiger partial charge in [-0.2, -0.15) is 0 Å². The van der Waals surface area contributed by atoms with Gasteiger partial charge in [0.15, 0.2) is 0 Å². The second-order valence-electron chi connectivity index (χ2n) is 5.88. The molecule has 0 spiro atoms. The van der Waals surface area contributed by atoms with Crippen LogP contribution < -0.4 is 10.1 Å². The summed E-state index contributed by atoms with van der Waals surface area (Å²) in [6.07, 6.45) is 4.05. The number of para-hydroxylation sites is 2. The molecular weight excluding hydrogens is 322 g/mol. The molecule has 1 amide bonds. The number of carbonyl (C=O) groups is 1. The monoisotopic (exact) mass is 343 g/mol. The highest BCUT2D eigenvalue weighted by Gasteiger charge is 2.06. The van der Waals surface area contributed by atoms with Gasteiger partial charge in [0.1, 0.15) is 5.75 Å². The van der Waals surface area contributed by atoms with E-state index < -0.39 is 0 Å². The van der Waals surface area contributed by atoms with Gasteiger partial charge in [-0.25, -0.2) is 0 Å². The van der Waals surface area contributed by atoms with Crippen LogP contribution in [0.15, 0.2) is 84.9 Å². The number of carbonyl (C=O) groups excluding carboxylic acids is 1. The molecule has 0 radical (unpaired) electrons. The number of methoxy groups -OCH3 is 1. The average Bonchev–Trinajstić information content (AvgIpc) is 2.69. The van der Waals surface area contributed by atoms with Crippen molar-refractivity contribution in [1.82, 2.24) is 0 Å². The maximum atomic E-state index is 12.4. The second-order valence-corrected chi connectivity index (χ2v) is 5.88. The summed E-state index contributed by atoms with van der Waals surface area (Å²) in [5, 5.41) is 2.97. The molecule has 0 fully saturated rings. The van der Waals surface area contributed by atoms with Crippen molar-refractivity contribution in [2.75, 3.05) is 12.4 Å². The number of benzene rings is 3. The molecule has 0 saturated heterocycles. The van der Waals surface area contributed by atoms with Crippen LogP contribution in [0.4, 0.5) is 5.69 Å². The Morgan fingerprint density at radius 3 is 2.42 bits per heavy atom. The van der Waals surface area contributed by atoms with Gasteiger partial charge < -0.3 is 10.1 Å². The first-order valence-electron chi connectivity index (χ1n) is 8.50. The SMILES string of the molecule is COc1ccccc1/C=C/C(=O)Nc1ccccc1Cc1ccccc1. The number of hydrogen-bond donors (Lipinski definition) is 1. The average molecular weight is 343 g/mol. The minimum absolute atomic E-state index is 0.170. The lowest BCUT2D eigenvalue weighted by Gasteiger charge is -2.10. The third kappa shape index (κ3) is 4.61. The van der Waals surface area contributed by atoms with Crippen molar-refractivity contribution in [1.29, 1.82) is 0 Å². The highest BCUT2D eigenvalue weighted by Crippen LogP contribution is 2.20. The number of amides is 1. The number of anilines is 1. The summed E-state index contributed by atoms with van der Waals surface area (Å²) in [5.41, 5.74) is 3.98. The predicted octanol–water partition coefficient (Wildman–Crippen LogP) is 4.94. The molecule has 3 nitrogen and oxygen atoms in total. The third-order valence-electron chi connectivity index (χ3n) is 4.07. The van der Waals surface area contributed by atoms with E-state index in [0.717, 1.165) is 29.0 Å². The largest absolute Gasteiger partial charge is 0.496 e. The molecule has 0 atom stereocenters. The Morgan fingerprint density at radius 2 is 1.62 bits per heavy atom. The van der Waals surface area contributed by atoms with Gasteiger partial charge >= 0.3 is 0 Å². The molecule has 0 aromatic heterocycles. The fraction of sp³-hybridized carbons (Fsp3) is 0.0870. The van der Waals surface area contributed by atoms with Crippen LogP contribution in [0.25, 0.3) is 6.08 Å². The normalized spacial score (nSPS) is 10.7. The van der Waals surface area contributed by atoms with Crippen LogP contribution in [-0.2, 0) is 11.2 Å². The highest BCUT2D eigenvalue weighted by atomic mass is 16.5. The van der Waals surface area contributed by atoms with Gasteiger partial charge in [-0.1, -0.05) is 66.7 Å². The highest BCUT2D eigenvalue weighted by molar-refractivity contribution is 6.02. The summed E-state index contributed by atoms with van der Waals surface area (Å²) in [6, 6.07) is 25.7. The summed E-state index contributed by atoms with van der Waals surface area (Å²) >= 11 is 0. The molecule has 0 aliphatic heterocycles. The van der Waals surface area contributed by atoms with E-state index in [1.165, 1.54) is 11.6 Å². The van der Waals surface area contributed by atoms with Gasteiger partial charge in [0.25, 0.3) is 0 Å². The van der Waals surface area contributed by atoms with Gasteiger partial charge in [0.2, 0.25) is 5.91 Å². The third-order valence-corrected chi connectivity index (χ3v) is 4.07. The Balaban J connectivity index is 1.72. The van der Waals surface area contributed by atoms with E-state index in [1.807, 2.05) is 66.7 Å². The lowest BCUT2D eigenvalue weighted by molar-refractivity contribution is -0.111. The van der Waals surface area contributed by atoms with Crippen LogP contribution in [0.3, 0.4) is 0 Å². The lowest BCUT2D eigenvalue weighted by atomic mass is 10.0. The van der Waals surface area contributed by atoms with Crippen LogP contribution in [-0.4, -0.2) is 13.0 Å². The predicted molar refractivity (Wildman–Crippen MR) is 106 cm³/mol. The molecule has 130 valence electrons. The van der Waals surface area contributed by atoms with Crippen LogP contribution in [0.5, 0.6) is 5.75 Å². The summed E-state index contributed by atoms with van der Waals surface area (Å²) in [5.74, 6) is 0.567. The van der Waals surface area contributed by atoms with E-state index in [0.29, 0.717) is 0 Å². The Hall–Kier alpha value is -3.33. The standard InChI is InChI=1S/C23H21NO2/c1-26-22-14-8-6-11-19(22)15-16-23(25)24-21-13-7-5-12-20(21)17-18-9-3-2-4-10-18/h2-16H,17H2,1H3,(H,24,25)/b16-15+. The van der Waals surface area contributed by atoms with Crippen LogP contribution in [0.2, 0.25) is 0 Å². The molecular formula is C23H21NO2. The van der Waals surface area contributed by atoms with E-state index in [9.17, 15) is 4.79 Å². The minimum atomic E-state index is -0.170. The Morgan fingerprint density at radius 1 is 0.923 bits per heavy atom. The van der Waals surface area contributed by atoms with Crippen LogP contribution in [0.1, 0.15) is 16.7 Å². The summed E-state index contributed by atoms with van der Waals surface area (Å²) in [4.78, 5) is 12.4. The molecule has 3 rings (SSSR count). The van der Waals surface area contributed by atoms with E-state index in [2.05, 4.69) is 17.4 Å². The molecule has 0 aliphatic carbocycles. The van der Waals surface area contributed by atoms with E-state index in [4.69, 9.17) is 4.74 Å². The fourth-order valence-corrected chi connectivity index (χ4v) is 2.76. The van der Waals surface area contributed by atoms with E-state index >= 15 is 0 Å². The molecule has 26 heavy (non-hydrogen) atoms. The second kappa shape index (κ2) is 8.67. The van der Waals surface area contributed by atoms with Crippen molar-refractivity contribution < 1.29 is 9.53 Å². The number of hydrogen-bond acceptors (Lipinski definition) is 2. The fourth-order valence-electron chi connectivity index (χ4n) is 2.76. The van der Waals surface area contributed by atoms with Crippen LogP contribution in [0, 0.1) is 0 Å². The Labute approximate surface area is 154 Å². The lowest BCUT2D eigenvalue weighted by Crippen LogP contribution is -2.10. The first-order chi connectivity index (χ1) is 12.8. The Bertz CT molecular complexity index is 901. The summed E-state index contributed by atoms with van der Waals surface area (Å²) in [7, 11) is 1.62. The zero-order chi connectivity index (χ0) is 18.2. The molecule has 3 aromatic carbocycles. The maximum Gasteiger partial charge on any atom is 0.248 e. The molecule has 0 aliphatic rings. The molecule has 0 bridgehead atoms. The van der Waals surface area contributed by atoms with E-state index in [1.54, 1.807) is 13.2 Å². The van der Waals surface area contributed by atoms with Gasteiger partial charge in [-0.3, -0.25) is 4.79 Å². The van der Waals surface area contributed by atoms with Gasteiger partial charge in [0.05, 0.1) is 7.11 Å². The minimum Gasteiger partial charge on any atom is -0.496 e. The maximum absolute atomic E-state index is 12.4. The van der Waals surface area contributed by atoms with Crippen molar-refractivity contribution in [2.24, 2.45) is 0 Å². The molecule has 3 heteroatoms. The van der Waals surface area contributed by atoms with E-state index in [-0.39, 0.29) is 5.91 Å². The molecule has 1 N–H and O–H groups in total. The first-order valence-corrected chi connectivity index (χ1v) is 8.50. The number of ether oxygens (including phenoxy) is 1. The Kier molecular flexibility index (Phi) is 5.84. The number of nitrogens with one attached hydrogen (secondary N) is 1. The summed E-state index contributed by atoms with van der Waals surface area (Å²) in [6.45, 7) is 0. The van der Waals surface area contributed by atoms with Gasteiger partial charge in [-0.15, -0.1) is 0 Å². The smallest absolute Gasteiger partial charge is 0.248 e. The number of rotatable bonds is 6. The quantitative estimate of drug-likeness (QED) is 0.644. The molecule has 0 unspecified atom stereocenters. The molecule has 0 heterocycles. The zero-order valence-corrected chi connectivity index (χ0v) is 14.7.